The molecule has 0 amide bonds. The van der Waals surface area contributed by atoms with Crippen LogP contribution in [0.4, 0.5) is 0 Å². The van der Waals surface area contributed by atoms with E-state index in [0.717, 1.165) is 5.69 Å². The van der Waals surface area contributed by atoms with Crippen molar-refractivity contribution in [1.29, 1.82) is 0 Å². The fourth-order valence-electron chi connectivity index (χ4n) is 3.79. The first-order valence-electron chi connectivity index (χ1n) is 12.6. The van der Waals surface area contributed by atoms with Gasteiger partial charge < -0.3 is 14.8 Å². The van der Waals surface area contributed by atoms with Gasteiger partial charge in [0.05, 0.1) is 38.0 Å². The van der Waals surface area contributed by atoms with Crippen molar-refractivity contribution >= 4 is 53.0 Å². The lowest BCUT2D eigenvalue weighted by molar-refractivity contribution is 0.476. The van der Waals surface area contributed by atoms with Crippen LogP contribution in [0.5, 0.6) is 11.5 Å². The second kappa shape index (κ2) is 10.3. The highest BCUT2D eigenvalue weighted by Crippen LogP contribution is 2.23. The summed E-state index contributed by atoms with van der Waals surface area (Å²) in [5, 5.41) is 25.8. The third-order valence-electron chi connectivity index (χ3n) is 6.30. The number of hydrogen-bond donors (Lipinski definition) is 2. The minimum atomic E-state index is -1.57. The Kier molecular flexibility index (Phi) is 8.64. The molecule has 2 N–H and O–H groups in total. The number of rotatable bonds is 5. The lowest BCUT2D eigenvalue weighted by atomic mass is 10.3. The first kappa shape index (κ1) is 29.4. The molecule has 7 heteroatoms. The molecule has 0 aliphatic carbocycles. The Hall–Kier alpha value is -1.81. The van der Waals surface area contributed by atoms with Gasteiger partial charge >= 0.3 is 0 Å². The summed E-state index contributed by atoms with van der Waals surface area (Å²) in [5.74, 6) is 0.898. The third-order valence-corrected chi connectivity index (χ3v) is 14.4. The molecule has 0 bridgehead atoms. The highest BCUT2D eigenvalue weighted by Gasteiger charge is 2.27. The molecule has 0 radical (unpaired) electrons. The van der Waals surface area contributed by atoms with Crippen molar-refractivity contribution in [2.24, 2.45) is 0 Å². The molecule has 0 aliphatic rings. The van der Waals surface area contributed by atoms with Crippen molar-refractivity contribution in [2.45, 2.75) is 78.6 Å². The van der Waals surface area contributed by atoms with Gasteiger partial charge in [0.1, 0.15) is 11.5 Å². The van der Waals surface area contributed by atoms with Crippen LogP contribution in [0.25, 0.3) is 5.69 Å². The van der Waals surface area contributed by atoms with E-state index in [1.807, 2.05) is 41.2 Å². The molecule has 3 aromatic rings. The second-order valence-electron chi connectivity index (χ2n) is 13.8. The first-order chi connectivity index (χ1) is 15.7. The van der Waals surface area contributed by atoms with Gasteiger partial charge in [-0.15, -0.1) is 0 Å². The first-order valence-corrected chi connectivity index (χ1v) is 26.6. The van der Waals surface area contributed by atoms with Crippen molar-refractivity contribution in [3.05, 3.63) is 54.9 Å². The zero-order valence-corrected chi connectivity index (χ0v) is 28.0. The molecule has 2 aromatic carbocycles. The Bertz CT molecular complexity index is 1110. The van der Waals surface area contributed by atoms with Gasteiger partial charge in [-0.2, -0.15) is 0 Å². The van der Waals surface area contributed by atoms with Crippen LogP contribution in [0.3, 0.4) is 0 Å². The summed E-state index contributed by atoms with van der Waals surface area (Å²) in [6.45, 7) is 27.8. The van der Waals surface area contributed by atoms with Gasteiger partial charge in [0.2, 0.25) is 0 Å². The van der Waals surface area contributed by atoms with Gasteiger partial charge in [0.15, 0.2) is 0 Å². The van der Waals surface area contributed by atoms with Gasteiger partial charge in [0, 0.05) is 12.4 Å². The molecule has 0 unspecified atom stereocenters. The highest BCUT2D eigenvalue weighted by molar-refractivity contribution is 6.92. The normalized spacial score (nSPS) is 12.8. The minimum Gasteiger partial charge on any atom is -0.508 e. The third kappa shape index (κ3) is 7.83. The van der Waals surface area contributed by atoms with Crippen molar-refractivity contribution in [3.8, 4) is 17.2 Å². The van der Waals surface area contributed by atoms with Crippen LogP contribution in [-0.4, -0.2) is 47.1 Å². The number of phenolic OH excluding ortho intramolecular Hbond substituents is 2. The monoisotopic (exact) mass is 541 g/mol. The molecule has 3 nitrogen and oxygen atoms in total. The van der Waals surface area contributed by atoms with E-state index in [1.165, 1.54) is 20.7 Å². The lowest BCUT2D eigenvalue weighted by Gasteiger charge is -2.26. The fraction of sp³-hybridized carbons (Fsp3) is 0.429. The maximum Gasteiger partial charge on any atom is 0.138 e. The average molecular weight is 542 g/mol. The van der Waals surface area contributed by atoms with Crippen LogP contribution in [0.15, 0.2) is 54.9 Å². The largest absolute Gasteiger partial charge is 0.508 e. The predicted octanol–water partition coefficient (Wildman–Crippen LogP) is 5.76. The average Bonchev–Trinajstić information content (AvgIpc) is 3.19. The number of hydrogen-bond acceptors (Lipinski definition) is 2. The molecule has 0 fully saturated rings. The maximum absolute atomic E-state index is 10.7. The van der Waals surface area contributed by atoms with Crippen molar-refractivity contribution < 1.29 is 10.2 Å². The minimum absolute atomic E-state index is 0.437. The van der Waals surface area contributed by atoms with E-state index in [-0.39, 0.29) is 0 Å². The van der Waals surface area contributed by atoms with Crippen LogP contribution in [0.2, 0.25) is 78.6 Å². The Labute approximate surface area is 217 Å². The van der Waals surface area contributed by atoms with Crippen molar-refractivity contribution in [1.82, 2.24) is 4.57 Å². The van der Waals surface area contributed by atoms with Crippen LogP contribution >= 0.6 is 0 Å². The van der Waals surface area contributed by atoms with Crippen LogP contribution in [-0.2, 0) is 0 Å². The maximum atomic E-state index is 10.7. The zero-order chi connectivity index (χ0) is 27.0. The number of aromatic nitrogens is 1. The quantitative estimate of drug-likeness (QED) is 0.404. The molecular weight excluding hydrogens is 495 g/mol. The molecule has 0 aliphatic heterocycles. The number of nitrogens with zero attached hydrogens (tertiary/aromatic N) is 1. The van der Waals surface area contributed by atoms with E-state index in [1.54, 1.807) is 0 Å². The van der Waals surface area contributed by atoms with E-state index in [2.05, 4.69) is 96.8 Å². The Morgan fingerprint density at radius 1 is 0.514 bits per heavy atom. The number of benzene rings is 2. The van der Waals surface area contributed by atoms with Crippen LogP contribution in [0.1, 0.15) is 0 Å². The predicted molar refractivity (Wildman–Crippen MR) is 167 cm³/mol. The summed E-state index contributed by atoms with van der Waals surface area (Å²) >= 11 is 0. The lowest BCUT2D eigenvalue weighted by Crippen LogP contribution is -2.45. The molecule has 0 saturated carbocycles. The Morgan fingerprint density at radius 2 is 0.914 bits per heavy atom. The summed E-state index contributed by atoms with van der Waals surface area (Å²) in [7, 11) is -5.61. The molecule has 35 heavy (non-hydrogen) atoms. The van der Waals surface area contributed by atoms with Gasteiger partial charge in [-0.1, -0.05) is 106 Å². The van der Waals surface area contributed by atoms with E-state index < -0.39 is 32.3 Å². The van der Waals surface area contributed by atoms with Crippen molar-refractivity contribution in [2.75, 3.05) is 0 Å². The highest BCUT2D eigenvalue weighted by atomic mass is 28.3. The summed E-state index contributed by atoms with van der Waals surface area (Å²) in [4.78, 5) is 0. The fourth-order valence-corrected chi connectivity index (χ4v) is 8.99. The second-order valence-corrected chi connectivity index (χ2v) is 34.0. The summed E-state index contributed by atoms with van der Waals surface area (Å²) in [6, 6.07) is 14.6. The molecule has 1 heterocycles. The van der Waals surface area contributed by atoms with Gasteiger partial charge in [-0.3, -0.25) is 0 Å². The molecule has 0 atom stereocenters. The van der Waals surface area contributed by atoms with E-state index in [4.69, 9.17) is 0 Å². The molecule has 0 saturated heterocycles. The van der Waals surface area contributed by atoms with Crippen LogP contribution < -0.4 is 20.7 Å². The standard InChI is InChI=1S/C16H25NOSi2.C12H22OSi2/c1-19(2,3)13-11-14(17-9-7-8-10-17)16(18)15(12-13)20(4,5)6;1-14(2,3)11-7-10(13)8-12(9-11)15(4,5)6/h7-12,18H,1-6H3;7-9,13H,1-6H3. The molecular formula is C28H47NO2Si4. The van der Waals surface area contributed by atoms with E-state index >= 15 is 0 Å². The number of phenols is 2. The van der Waals surface area contributed by atoms with Crippen molar-refractivity contribution in [3.63, 3.8) is 0 Å². The SMILES string of the molecule is C[Si](C)(C)c1cc(-n2cccc2)c(O)c([Si](C)(C)C)c1.C[Si](C)(C)c1cc(O)cc([Si](C)(C)C)c1. The van der Waals surface area contributed by atoms with E-state index in [9.17, 15) is 10.2 Å². The molecule has 3 rings (SSSR count). The summed E-state index contributed by atoms with van der Waals surface area (Å²) in [5.41, 5.74) is 0.923. The number of aromatic hydroxyl groups is 2. The Balaban J connectivity index is 0.000000258. The summed E-state index contributed by atoms with van der Waals surface area (Å²) in [6.07, 6.45) is 3.99. The van der Waals surface area contributed by atoms with Gasteiger partial charge in [0.25, 0.3) is 0 Å². The topological polar surface area (TPSA) is 45.4 Å². The molecule has 192 valence electrons. The summed E-state index contributed by atoms with van der Waals surface area (Å²) < 4.78 is 2.02. The Morgan fingerprint density at radius 3 is 1.29 bits per heavy atom. The zero-order valence-electron chi connectivity index (χ0n) is 24.0. The van der Waals surface area contributed by atoms with Crippen LogP contribution in [0, 0.1) is 0 Å². The van der Waals surface area contributed by atoms with Gasteiger partial charge in [-0.05, 0) is 35.5 Å². The van der Waals surface area contributed by atoms with Gasteiger partial charge in [-0.25, -0.2) is 0 Å². The molecule has 1 aromatic heterocycles. The smallest absolute Gasteiger partial charge is 0.138 e. The molecule has 0 spiro atoms. The van der Waals surface area contributed by atoms with E-state index in [0.29, 0.717) is 11.5 Å².